The summed E-state index contributed by atoms with van der Waals surface area (Å²) < 4.78 is 2.93. The van der Waals surface area contributed by atoms with Crippen molar-refractivity contribution >= 4 is 33.5 Å². The Morgan fingerprint density at radius 2 is 1.92 bits per heavy atom. The van der Waals surface area contributed by atoms with Gasteiger partial charge in [0.1, 0.15) is 0 Å². The molecule has 2 heterocycles. The monoisotopic (exact) mass is 400 g/mol. The lowest BCUT2D eigenvalue weighted by Gasteiger charge is -2.06. The highest BCUT2D eigenvalue weighted by atomic mass is 79.9. The molecule has 0 spiro atoms. The van der Waals surface area contributed by atoms with Gasteiger partial charge in [0.05, 0.1) is 11.9 Å². The Labute approximate surface area is 153 Å². The van der Waals surface area contributed by atoms with Crippen LogP contribution in [0.25, 0.3) is 11.3 Å². The van der Waals surface area contributed by atoms with Crippen molar-refractivity contribution in [2.24, 2.45) is 10.1 Å². The average molecular weight is 401 g/mol. The predicted molar refractivity (Wildman–Crippen MR) is 103 cm³/mol. The third-order valence-corrected chi connectivity index (χ3v) is 4.75. The molecule has 6 heteroatoms. The van der Waals surface area contributed by atoms with Gasteiger partial charge in [-0.3, -0.25) is 9.98 Å². The zero-order valence-corrected chi connectivity index (χ0v) is 15.8. The van der Waals surface area contributed by atoms with Gasteiger partial charge in [-0.1, -0.05) is 34.1 Å². The standard InChI is InChI=1S/C18H17BrN4S/c1-13(2)22-18-23(21-11-14-7-9-20-10-8-14)17(12-24-18)15-5-3-4-6-16(15)19/h3-13H,1-2H3/b21-11-,22-18?. The number of aromatic nitrogens is 2. The first kappa shape index (κ1) is 16.8. The van der Waals surface area contributed by atoms with E-state index in [1.807, 2.05) is 41.2 Å². The molecule has 1 aromatic carbocycles. The zero-order valence-electron chi connectivity index (χ0n) is 13.4. The molecule has 122 valence electrons. The fourth-order valence-electron chi connectivity index (χ4n) is 2.15. The third kappa shape index (κ3) is 3.88. The summed E-state index contributed by atoms with van der Waals surface area (Å²) in [7, 11) is 0. The third-order valence-electron chi connectivity index (χ3n) is 3.23. The maximum Gasteiger partial charge on any atom is 0.206 e. The van der Waals surface area contributed by atoms with Crippen LogP contribution < -0.4 is 4.80 Å². The van der Waals surface area contributed by atoms with E-state index in [1.165, 1.54) is 0 Å². The number of hydrogen-bond acceptors (Lipinski definition) is 4. The van der Waals surface area contributed by atoms with Crippen LogP contribution in [0.4, 0.5) is 0 Å². The molecule has 3 aromatic rings. The quantitative estimate of drug-likeness (QED) is 0.591. The van der Waals surface area contributed by atoms with Gasteiger partial charge in [0.25, 0.3) is 0 Å². The molecule has 2 aromatic heterocycles. The molecule has 0 fully saturated rings. The lowest BCUT2D eigenvalue weighted by molar-refractivity contribution is 0.754. The Kier molecular flexibility index (Phi) is 5.37. The van der Waals surface area contributed by atoms with Gasteiger partial charge in [-0.05, 0) is 37.6 Å². The highest BCUT2D eigenvalue weighted by Gasteiger charge is 2.10. The van der Waals surface area contributed by atoms with E-state index in [9.17, 15) is 0 Å². The first-order valence-electron chi connectivity index (χ1n) is 7.59. The van der Waals surface area contributed by atoms with Crippen LogP contribution in [-0.2, 0) is 0 Å². The van der Waals surface area contributed by atoms with Crippen molar-refractivity contribution in [1.82, 2.24) is 9.66 Å². The van der Waals surface area contributed by atoms with Crippen LogP contribution in [0, 0.1) is 0 Å². The van der Waals surface area contributed by atoms with Gasteiger partial charge >= 0.3 is 0 Å². The van der Waals surface area contributed by atoms with E-state index >= 15 is 0 Å². The molecule has 0 atom stereocenters. The van der Waals surface area contributed by atoms with Crippen molar-refractivity contribution in [3.05, 3.63) is 69.0 Å². The Morgan fingerprint density at radius 1 is 1.17 bits per heavy atom. The Hall–Kier alpha value is -2.05. The van der Waals surface area contributed by atoms with E-state index in [2.05, 4.69) is 56.3 Å². The molecule has 0 radical (unpaired) electrons. The molecule has 4 nitrogen and oxygen atoms in total. The van der Waals surface area contributed by atoms with E-state index in [0.717, 1.165) is 26.1 Å². The van der Waals surface area contributed by atoms with Crippen LogP contribution in [0.5, 0.6) is 0 Å². The maximum atomic E-state index is 4.69. The number of halogens is 1. The molecule has 0 bridgehead atoms. The number of pyridine rings is 1. The second-order valence-corrected chi connectivity index (χ2v) is 7.13. The molecule has 0 aliphatic rings. The minimum absolute atomic E-state index is 0.207. The minimum atomic E-state index is 0.207. The van der Waals surface area contributed by atoms with E-state index < -0.39 is 0 Å². The summed E-state index contributed by atoms with van der Waals surface area (Å²) in [6.07, 6.45) is 5.34. The molecule has 3 rings (SSSR count). The largest absolute Gasteiger partial charge is 0.265 e. The number of benzene rings is 1. The molecule has 0 aliphatic carbocycles. The topological polar surface area (TPSA) is 42.5 Å². The molecule has 0 unspecified atom stereocenters. The van der Waals surface area contributed by atoms with Gasteiger partial charge in [-0.2, -0.15) is 5.10 Å². The lowest BCUT2D eigenvalue weighted by atomic mass is 10.2. The summed E-state index contributed by atoms with van der Waals surface area (Å²) >= 11 is 5.22. The predicted octanol–water partition coefficient (Wildman–Crippen LogP) is 4.57. The van der Waals surface area contributed by atoms with Gasteiger partial charge < -0.3 is 0 Å². The summed E-state index contributed by atoms with van der Waals surface area (Å²) in [6.45, 7) is 4.13. The van der Waals surface area contributed by atoms with E-state index in [1.54, 1.807) is 23.7 Å². The Bertz CT molecular complexity index is 910. The number of nitrogens with zero attached hydrogens (tertiary/aromatic N) is 4. The molecule has 0 saturated carbocycles. The molecule has 0 N–H and O–H groups in total. The Balaban J connectivity index is 2.13. The molecular formula is C18H17BrN4S. The molecule has 24 heavy (non-hydrogen) atoms. The van der Waals surface area contributed by atoms with Crippen molar-refractivity contribution in [2.45, 2.75) is 19.9 Å². The minimum Gasteiger partial charge on any atom is -0.265 e. The number of rotatable bonds is 4. The first-order chi connectivity index (χ1) is 11.6. The van der Waals surface area contributed by atoms with Gasteiger partial charge in [-0.15, -0.1) is 11.3 Å². The van der Waals surface area contributed by atoms with Gasteiger partial charge in [-0.25, -0.2) is 4.68 Å². The summed E-state index contributed by atoms with van der Waals surface area (Å²) in [5.74, 6) is 0. The highest BCUT2D eigenvalue weighted by Crippen LogP contribution is 2.28. The van der Waals surface area contributed by atoms with Gasteiger partial charge in [0, 0.05) is 33.9 Å². The molecule has 0 aliphatic heterocycles. The molecular weight excluding hydrogens is 384 g/mol. The second kappa shape index (κ2) is 7.68. The van der Waals surface area contributed by atoms with E-state index in [0.29, 0.717) is 0 Å². The summed E-state index contributed by atoms with van der Waals surface area (Å²) in [5.41, 5.74) is 3.10. The number of hydrogen-bond donors (Lipinski definition) is 0. The molecule has 0 saturated heterocycles. The van der Waals surface area contributed by atoms with Crippen molar-refractivity contribution in [1.29, 1.82) is 0 Å². The lowest BCUT2D eigenvalue weighted by Crippen LogP contribution is -2.14. The SMILES string of the molecule is CC(C)N=c1scc(-c2ccccc2Br)n1/N=C\c1ccncc1. The van der Waals surface area contributed by atoms with Crippen molar-refractivity contribution in [2.75, 3.05) is 0 Å². The van der Waals surface area contributed by atoms with Crippen molar-refractivity contribution in [3.8, 4) is 11.3 Å². The first-order valence-corrected chi connectivity index (χ1v) is 9.26. The van der Waals surface area contributed by atoms with Crippen LogP contribution in [0.3, 0.4) is 0 Å². The van der Waals surface area contributed by atoms with Gasteiger partial charge in [0.2, 0.25) is 4.80 Å². The van der Waals surface area contributed by atoms with Crippen LogP contribution in [0.1, 0.15) is 19.4 Å². The Morgan fingerprint density at radius 3 is 2.62 bits per heavy atom. The highest BCUT2D eigenvalue weighted by molar-refractivity contribution is 9.10. The average Bonchev–Trinajstić information content (AvgIpc) is 2.96. The van der Waals surface area contributed by atoms with Crippen LogP contribution in [0.15, 0.2) is 68.7 Å². The fraction of sp³-hybridized carbons (Fsp3) is 0.167. The van der Waals surface area contributed by atoms with Crippen LogP contribution in [0.2, 0.25) is 0 Å². The number of thiazole rings is 1. The van der Waals surface area contributed by atoms with Gasteiger partial charge in [0.15, 0.2) is 0 Å². The smallest absolute Gasteiger partial charge is 0.206 e. The fourth-order valence-corrected chi connectivity index (χ4v) is 3.60. The van der Waals surface area contributed by atoms with Crippen LogP contribution in [-0.4, -0.2) is 21.9 Å². The summed E-state index contributed by atoms with van der Waals surface area (Å²) in [5, 5.41) is 6.76. The maximum absolute atomic E-state index is 4.69. The zero-order chi connectivity index (χ0) is 16.9. The van der Waals surface area contributed by atoms with Crippen molar-refractivity contribution in [3.63, 3.8) is 0 Å². The van der Waals surface area contributed by atoms with Crippen LogP contribution >= 0.6 is 27.3 Å². The summed E-state index contributed by atoms with van der Waals surface area (Å²) in [4.78, 5) is 9.60. The van der Waals surface area contributed by atoms with Crippen molar-refractivity contribution < 1.29 is 0 Å². The summed E-state index contributed by atoms with van der Waals surface area (Å²) in [6, 6.07) is 12.2. The van der Waals surface area contributed by atoms with E-state index in [4.69, 9.17) is 0 Å². The second-order valence-electron chi connectivity index (χ2n) is 5.44. The normalized spacial score (nSPS) is 12.4. The van der Waals surface area contributed by atoms with E-state index in [-0.39, 0.29) is 6.04 Å². The molecule has 0 amide bonds.